The van der Waals surface area contributed by atoms with E-state index in [0.717, 1.165) is 5.75 Å². The molecule has 2 nitrogen and oxygen atoms in total. The quantitative estimate of drug-likeness (QED) is 0.827. The van der Waals surface area contributed by atoms with Gasteiger partial charge in [0.25, 0.3) is 0 Å². The average molecular weight is 338 g/mol. The van der Waals surface area contributed by atoms with Gasteiger partial charge in [-0.05, 0) is 43.2 Å². The normalized spacial score (nSPS) is 12.0. The number of hydrogen-bond acceptors (Lipinski definition) is 2. The molecule has 1 N–H and O–H groups in total. The lowest BCUT2D eigenvalue weighted by Gasteiger charge is -2.13. The van der Waals surface area contributed by atoms with E-state index in [0.29, 0.717) is 5.69 Å². The van der Waals surface area contributed by atoms with Crippen LogP contribution in [-0.4, -0.2) is 11.2 Å². The van der Waals surface area contributed by atoms with Gasteiger partial charge in [-0.3, -0.25) is 4.79 Å². The summed E-state index contributed by atoms with van der Waals surface area (Å²) in [5, 5.41) is 2.69. The van der Waals surface area contributed by atoms with Gasteiger partial charge in [-0.25, -0.2) is 4.39 Å². The first-order chi connectivity index (χ1) is 10.5. The van der Waals surface area contributed by atoms with Crippen molar-refractivity contribution in [2.45, 2.75) is 24.9 Å². The fourth-order valence-corrected chi connectivity index (χ4v) is 3.07. The lowest BCUT2D eigenvalue weighted by molar-refractivity contribution is -0.115. The van der Waals surface area contributed by atoms with Crippen LogP contribution in [0, 0.1) is 12.7 Å². The minimum Gasteiger partial charge on any atom is -0.324 e. The standard InChI is InChI=1S/C17H17ClFNOS/c1-11-5-3-4-6-13(11)10-22-12(2)17(21)20-16-8-7-14(19)9-15(16)18/h3-9,12H,10H2,1-2H3,(H,20,21)/t12-/m1/s1. The Hall–Kier alpha value is -1.52. The lowest BCUT2D eigenvalue weighted by atomic mass is 10.1. The van der Waals surface area contributed by atoms with Crippen molar-refractivity contribution in [1.82, 2.24) is 0 Å². The number of amides is 1. The monoisotopic (exact) mass is 337 g/mol. The van der Waals surface area contributed by atoms with E-state index in [1.54, 1.807) is 11.8 Å². The van der Waals surface area contributed by atoms with Crippen molar-refractivity contribution >= 4 is 35.0 Å². The predicted molar refractivity (Wildman–Crippen MR) is 92.0 cm³/mol. The zero-order valence-corrected chi connectivity index (χ0v) is 14.0. The second-order valence-electron chi connectivity index (χ2n) is 4.99. The summed E-state index contributed by atoms with van der Waals surface area (Å²) in [5.74, 6) is 0.190. The van der Waals surface area contributed by atoms with E-state index >= 15 is 0 Å². The first-order valence-electron chi connectivity index (χ1n) is 6.89. The Labute approximate surface area is 139 Å². The third-order valence-electron chi connectivity index (χ3n) is 3.31. The van der Waals surface area contributed by atoms with Gasteiger partial charge >= 0.3 is 0 Å². The van der Waals surface area contributed by atoms with Crippen LogP contribution >= 0.6 is 23.4 Å². The van der Waals surface area contributed by atoms with Gasteiger partial charge in [0.2, 0.25) is 5.91 Å². The van der Waals surface area contributed by atoms with Crippen molar-refractivity contribution in [3.63, 3.8) is 0 Å². The molecule has 0 aliphatic heterocycles. The molecule has 0 fully saturated rings. The van der Waals surface area contributed by atoms with Crippen molar-refractivity contribution in [3.8, 4) is 0 Å². The Bertz CT molecular complexity index is 677. The van der Waals surface area contributed by atoms with E-state index in [-0.39, 0.29) is 16.2 Å². The molecule has 1 atom stereocenters. The third kappa shape index (κ3) is 4.49. The summed E-state index contributed by atoms with van der Waals surface area (Å²) in [6.45, 7) is 3.90. The summed E-state index contributed by atoms with van der Waals surface area (Å²) in [5.41, 5.74) is 2.85. The van der Waals surface area contributed by atoms with Crippen LogP contribution in [0.15, 0.2) is 42.5 Å². The summed E-state index contributed by atoms with van der Waals surface area (Å²) < 4.78 is 13.0. The summed E-state index contributed by atoms with van der Waals surface area (Å²) >= 11 is 7.46. The van der Waals surface area contributed by atoms with Crippen molar-refractivity contribution in [2.75, 3.05) is 5.32 Å². The maximum atomic E-state index is 13.0. The molecular formula is C17H17ClFNOS. The second kappa shape index (κ2) is 7.65. The molecule has 0 heterocycles. The molecule has 2 rings (SSSR count). The van der Waals surface area contributed by atoms with Crippen LogP contribution in [0.25, 0.3) is 0 Å². The summed E-state index contributed by atoms with van der Waals surface area (Å²) in [6, 6.07) is 12.0. The zero-order valence-electron chi connectivity index (χ0n) is 12.4. The molecule has 116 valence electrons. The van der Waals surface area contributed by atoms with Gasteiger partial charge in [-0.2, -0.15) is 0 Å². The molecule has 22 heavy (non-hydrogen) atoms. The topological polar surface area (TPSA) is 29.1 Å². The molecule has 0 bridgehead atoms. The molecule has 0 aliphatic rings. The highest BCUT2D eigenvalue weighted by Crippen LogP contribution is 2.25. The van der Waals surface area contributed by atoms with Crippen molar-refractivity contribution in [1.29, 1.82) is 0 Å². The van der Waals surface area contributed by atoms with Gasteiger partial charge in [0.05, 0.1) is 16.0 Å². The zero-order chi connectivity index (χ0) is 16.1. The van der Waals surface area contributed by atoms with Crippen LogP contribution in [-0.2, 0) is 10.5 Å². The van der Waals surface area contributed by atoms with Gasteiger partial charge in [-0.1, -0.05) is 35.9 Å². The molecule has 1 amide bonds. The summed E-state index contributed by atoms with van der Waals surface area (Å²) in [7, 11) is 0. The molecular weight excluding hydrogens is 321 g/mol. The fourth-order valence-electron chi connectivity index (χ4n) is 1.89. The van der Waals surface area contributed by atoms with E-state index in [4.69, 9.17) is 11.6 Å². The number of hydrogen-bond donors (Lipinski definition) is 1. The van der Waals surface area contributed by atoms with Gasteiger partial charge in [-0.15, -0.1) is 11.8 Å². The van der Waals surface area contributed by atoms with E-state index in [1.165, 1.54) is 29.3 Å². The number of carbonyl (C=O) groups is 1. The van der Waals surface area contributed by atoms with Crippen LogP contribution in [0.4, 0.5) is 10.1 Å². The van der Waals surface area contributed by atoms with Crippen LogP contribution in [0.2, 0.25) is 5.02 Å². The Balaban J connectivity index is 1.93. The second-order valence-corrected chi connectivity index (χ2v) is 6.73. The van der Waals surface area contributed by atoms with Crippen molar-refractivity contribution < 1.29 is 9.18 Å². The molecule has 0 saturated carbocycles. The molecule has 0 spiro atoms. The Morgan fingerprint density at radius 1 is 1.32 bits per heavy atom. The molecule has 0 unspecified atom stereocenters. The third-order valence-corrected chi connectivity index (χ3v) is 4.81. The Morgan fingerprint density at radius 3 is 2.73 bits per heavy atom. The average Bonchev–Trinajstić information content (AvgIpc) is 2.49. The van der Waals surface area contributed by atoms with Crippen LogP contribution < -0.4 is 5.32 Å². The highest BCUT2D eigenvalue weighted by molar-refractivity contribution is 7.99. The minimum atomic E-state index is -0.426. The number of halogens is 2. The number of carbonyl (C=O) groups excluding carboxylic acids is 1. The van der Waals surface area contributed by atoms with Crippen molar-refractivity contribution in [3.05, 3.63) is 64.4 Å². The smallest absolute Gasteiger partial charge is 0.237 e. The van der Waals surface area contributed by atoms with E-state index in [9.17, 15) is 9.18 Å². The van der Waals surface area contributed by atoms with Gasteiger partial charge in [0.1, 0.15) is 5.82 Å². The minimum absolute atomic E-state index is 0.146. The van der Waals surface area contributed by atoms with Crippen LogP contribution in [0.5, 0.6) is 0 Å². The Morgan fingerprint density at radius 2 is 2.05 bits per heavy atom. The maximum absolute atomic E-state index is 13.0. The van der Waals surface area contributed by atoms with Gasteiger partial charge in [0.15, 0.2) is 0 Å². The molecule has 0 aliphatic carbocycles. The molecule has 0 radical (unpaired) electrons. The molecule has 0 aromatic heterocycles. The van der Waals surface area contributed by atoms with E-state index < -0.39 is 5.82 Å². The fraction of sp³-hybridized carbons (Fsp3) is 0.235. The van der Waals surface area contributed by atoms with E-state index in [1.807, 2.05) is 19.1 Å². The summed E-state index contributed by atoms with van der Waals surface area (Å²) in [6.07, 6.45) is 0. The molecule has 2 aromatic carbocycles. The summed E-state index contributed by atoms with van der Waals surface area (Å²) in [4.78, 5) is 12.2. The molecule has 5 heteroatoms. The number of thioether (sulfide) groups is 1. The van der Waals surface area contributed by atoms with Crippen LogP contribution in [0.1, 0.15) is 18.1 Å². The highest BCUT2D eigenvalue weighted by Gasteiger charge is 2.15. The number of rotatable bonds is 5. The SMILES string of the molecule is Cc1ccccc1CS[C@H](C)C(=O)Nc1ccc(F)cc1Cl. The van der Waals surface area contributed by atoms with E-state index in [2.05, 4.69) is 24.4 Å². The molecule has 2 aromatic rings. The lowest BCUT2D eigenvalue weighted by Crippen LogP contribution is -2.22. The maximum Gasteiger partial charge on any atom is 0.237 e. The number of aryl methyl sites for hydroxylation is 1. The largest absolute Gasteiger partial charge is 0.324 e. The number of anilines is 1. The number of benzene rings is 2. The van der Waals surface area contributed by atoms with Crippen LogP contribution in [0.3, 0.4) is 0 Å². The first-order valence-corrected chi connectivity index (χ1v) is 8.32. The predicted octanol–water partition coefficient (Wildman–Crippen LogP) is 5.05. The van der Waals surface area contributed by atoms with Gasteiger partial charge in [0, 0.05) is 5.75 Å². The molecule has 0 saturated heterocycles. The van der Waals surface area contributed by atoms with Crippen molar-refractivity contribution in [2.24, 2.45) is 0 Å². The highest BCUT2D eigenvalue weighted by atomic mass is 35.5. The van der Waals surface area contributed by atoms with Gasteiger partial charge < -0.3 is 5.32 Å². The Kier molecular flexibility index (Phi) is 5.86. The number of nitrogens with one attached hydrogen (secondary N) is 1. The first kappa shape index (κ1) is 16.8.